The third-order valence-electron chi connectivity index (χ3n) is 4.75. The molecule has 2 aromatic carbocycles. The molecule has 0 aliphatic rings. The zero-order valence-corrected chi connectivity index (χ0v) is 19.5. The Morgan fingerprint density at radius 2 is 1.78 bits per heavy atom. The van der Waals surface area contributed by atoms with Crippen molar-refractivity contribution in [2.75, 3.05) is 18.9 Å². The van der Waals surface area contributed by atoms with Crippen LogP contribution in [0.15, 0.2) is 59.6 Å². The largest absolute Gasteiger partial charge is 0.311 e. The van der Waals surface area contributed by atoms with Gasteiger partial charge in [0.1, 0.15) is 11.6 Å². The fraction of sp³-hybridized carbons (Fsp3) is 0.238. The summed E-state index contributed by atoms with van der Waals surface area (Å²) >= 11 is 12.4. The van der Waals surface area contributed by atoms with E-state index in [1.165, 1.54) is 19.2 Å². The molecule has 0 radical (unpaired) electrons. The molecule has 0 aliphatic carbocycles. The van der Waals surface area contributed by atoms with Gasteiger partial charge in [-0.15, -0.1) is 0 Å². The summed E-state index contributed by atoms with van der Waals surface area (Å²) in [5.74, 6) is -0.331. The molecule has 0 bridgehead atoms. The van der Waals surface area contributed by atoms with Crippen molar-refractivity contribution in [2.24, 2.45) is 0 Å². The zero-order valence-electron chi connectivity index (χ0n) is 17.1. The topological polar surface area (TPSA) is 84.3 Å². The Morgan fingerprint density at radius 1 is 1.12 bits per heavy atom. The molecule has 0 atom stereocenters. The number of benzene rings is 2. The summed E-state index contributed by atoms with van der Waals surface area (Å²) in [4.78, 5) is 12.4. The summed E-state index contributed by atoms with van der Waals surface area (Å²) < 4.78 is 40.8. The predicted molar refractivity (Wildman–Crippen MR) is 122 cm³/mol. The molecular weight excluding hydrogens is 478 g/mol. The first kappa shape index (κ1) is 24.2. The van der Waals surface area contributed by atoms with E-state index in [1.807, 2.05) is 0 Å². The lowest BCUT2D eigenvalue weighted by molar-refractivity contribution is -0.116. The average molecular weight is 499 g/mol. The van der Waals surface area contributed by atoms with Crippen LogP contribution in [-0.2, 0) is 21.4 Å². The molecule has 0 saturated heterocycles. The summed E-state index contributed by atoms with van der Waals surface area (Å²) in [6, 6.07) is 11.4. The summed E-state index contributed by atoms with van der Waals surface area (Å²) in [5.41, 5.74) is 0.683. The van der Waals surface area contributed by atoms with E-state index in [-0.39, 0.29) is 30.3 Å². The number of hydrogen-bond acceptors (Lipinski definition) is 4. The minimum Gasteiger partial charge on any atom is -0.311 e. The molecule has 1 aromatic heterocycles. The number of rotatable bonds is 9. The van der Waals surface area contributed by atoms with Crippen molar-refractivity contribution in [3.8, 4) is 0 Å². The molecule has 170 valence electrons. The molecule has 0 saturated carbocycles. The molecule has 7 nitrogen and oxygen atoms in total. The Labute approximate surface area is 195 Å². The van der Waals surface area contributed by atoms with Crippen LogP contribution < -0.4 is 5.32 Å². The van der Waals surface area contributed by atoms with E-state index in [4.69, 9.17) is 23.2 Å². The number of aromatic nitrogens is 2. The van der Waals surface area contributed by atoms with Crippen molar-refractivity contribution in [3.63, 3.8) is 0 Å². The maximum Gasteiger partial charge on any atom is 0.242 e. The number of halogens is 3. The Kier molecular flexibility index (Phi) is 7.89. The molecule has 0 fully saturated rings. The zero-order chi connectivity index (χ0) is 23.3. The molecule has 1 N–H and O–H groups in total. The van der Waals surface area contributed by atoms with Crippen molar-refractivity contribution in [1.29, 1.82) is 0 Å². The number of anilines is 1. The highest BCUT2D eigenvalue weighted by atomic mass is 35.5. The molecular formula is C21H21Cl2FN4O3S. The number of amides is 1. The van der Waals surface area contributed by atoms with Gasteiger partial charge >= 0.3 is 0 Å². The molecule has 1 amide bonds. The van der Waals surface area contributed by atoms with Gasteiger partial charge in [-0.1, -0.05) is 29.3 Å². The lowest BCUT2D eigenvalue weighted by Gasteiger charge is -2.17. The molecule has 0 unspecified atom stereocenters. The van der Waals surface area contributed by atoms with Gasteiger partial charge in [0.25, 0.3) is 0 Å². The quantitative estimate of drug-likeness (QED) is 0.473. The summed E-state index contributed by atoms with van der Waals surface area (Å²) in [6.07, 6.45) is 1.94. The van der Waals surface area contributed by atoms with Gasteiger partial charge in [-0.05, 0) is 42.8 Å². The van der Waals surface area contributed by atoms with Crippen molar-refractivity contribution in [3.05, 3.63) is 76.2 Å². The van der Waals surface area contributed by atoms with Crippen molar-refractivity contribution < 1.29 is 17.6 Å². The molecule has 0 aliphatic heterocycles. The summed E-state index contributed by atoms with van der Waals surface area (Å²) in [7, 11) is -2.34. The lowest BCUT2D eigenvalue weighted by Crippen LogP contribution is -2.28. The van der Waals surface area contributed by atoms with Gasteiger partial charge in [-0.25, -0.2) is 21.8 Å². The first-order valence-electron chi connectivity index (χ1n) is 9.65. The van der Waals surface area contributed by atoms with E-state index in [2.05, 4.69) is 10.4 Å². The average Bonchev–Trinajstić information content (AvgIpc) is 3.17. The van der Waals surface area contributed by atoms with Crippen LogP contribution >= 0.6 is 23.2 Å². The molecule has 3 aromatic rings. The monoisotopic (exact) mass is 498 g/mol. The van der Waals surface area contributed by atoms with E-state index in [1.54, 1.807) is 35.1 Å². The van der Waals surface area contributed by atoms with E-state index in [0.29, 0.717) is 27.8 Å². The molecule has 11 heteroatoms. The first-order chi connectivity index (χ1) is 15.2. The van der Waals surface area contributed by atoms with E-state index >= 15 is 0 Å². The highest BCUT2D eigenvalue weighted by molar-refractivity contribution is 7.89. The van der Waals surface area contributed by atoms with E-state index in [0.717, 1.165) is 16.4 Å². The van der Waals surface area contributed by atoms with Crippen LogP contribution in [-0.4, -0.2) is 42.0 Å². The second kappa shape index (κ2) is 10.4. The maximum absolute atomic E-state index is 13.0. The number of carbonyl (C=O) groups is 1. The number of nitrogens with zero attached hydrogens (tertiary/aromatic N) is 3. The standard InChI is InChI=1S/C21H21Cl2FN4O3S/c1-27(32(30,31)16-9-7-15(24)8-10-16)13-3-6-21(29)26-20-11-12-25-28(20)14-17-18(22)4-2-5-19(17)23/h2,4-5,7-12H,3,6,13-14H2,1H3,(H,26,29). The normalized spacial score (nSPS) is 11.7. The Bertz CT molecular complexity index is 1180. The van der Waals surface area contributed by atoms with Gasteiger partial charge in [0.05, 0.1) is 17.6 Å². The second-order valence-electron chi connectivity index (χ2n) is 7.01. The Morgan fingerprint density at radius 3 is 2.44 bits per heavy atom. The minimum atomic E-state index is -3.76. The third kappa shape index (κ3) is 5.86. The first-order valence-corrected chi connectivity index (χ1v) is 11.8. The minimum absolute atomic E-state index is 0.00649. The Balaban J connectivity index is 1.55. The van der Waals surface area contributed by atoms with E-state index < -0.39 is 15.8 Å². The highest BCUT2D eigenvalue weighted by Gasteiger charge is 2.20. The van der Waals surface area contributed by atoms with Gasteiger partial charge < -0.3 is 5.32 Å². The molecule has 32 heavy (non-hydrogen) atoms. The molecule has 3 rings (SSSR count). The van der Waals surface area contributed by atoms with Gasteiger partial charge in [-0.2, -0.15) is 5.10 Å². The Hall–Kier alpha value is -2.46. The van der Waals surface area contributed by atoms with Crippen LogP contribution in [0.25, 0.3) is 0 Å². The maximum atomic E-state index is 13.0. The summed E-state index contributed by atoms with van der Waals surface area (Å²) in [6.45, 7) is 0.404. The SMILES string of the molecule is CN(CCCC(=O)Nc1ccnn1Cc1c(Cl)cccc1Cl)S(=O)(=O)c1ccc(F)cc1. The second-order valence-corrected chi connectivity index (χ2v) is 9.87. The lowest BCUT2D eigenvalue weighted by atomic mass is 10.2. The number of nitrogens with one attached hydrogen (secondary N) is 1. The molecule has 0 spiro atoms. The van der Waals surface area contributed by atoms with Gasteiger partial charge in [0.15, 0.2) is 0 Å². The number of hydrogen-bond donors (Lipinski definition) is 1. The van der Waals surface area contributed by atoms with Crippen molar-refractivity contribution in [1.82, 2.24) is 14.1 Å². The third-order valence-corrected chi connectivity index (χ3v) is 7.33. The van der Waals surface area contributed by atoms with Gasteiger partial charge in [0, 0.05) is 41.7 Å². The van der Waals surface area contributed by atoms with Crippen LogP contribution in [0.3, 0.4) is 0 Å². The predicted octanol–water partition coefficient (Wildman–Crippen LogP) is 4.42. The smallest absolute Gasteiger partial charge is 0.242 e. The van der Waals surface area contributed by atoms with Crippen LogP contribution in [0, 0.1) is 5.82 Å². The van der Waals surface area contributed by atoms with Gasteiger partial charge in [0.2, 0.25) is 15.9 Å². The fourth-order valence-electron chi connectivity index (χ4n) is 2.97. The van der Waals surface area contributed by atoms with E-state index in [9.17, 15) is 17.6 Å². The number of carbonyl (C=O) groups excluding carboxylic acids is 1. The van der Waals surface area contributed by atoms with Crippen molar-refractivity contribution in [2.45, 2.75) is 24.3 Å². The van der Waals surface area contributed by atoms with Gasteiger partial charge in [-0.3, -0.25) is 4.79 Å². The summed E-state index contributed by atoms with van der Waals surface area (Å²) in [5, 5.41) is 7.96. The highest BCUT2D eigenvalue weighted by Crippen LogP contribution is 2.26. The van der Waals surface area contributed by atoms with Crippen molar-refractivity contribution >= 4 is 45.0 Å². The molecule has 1 heterocycles. The number of sulfonamides is 1. The fourth-order valence-corrected chi connectivity index (χ4v) is 4.70. The van der Waals surface area contributed by atoms with Crippen LogP contribution in [0.5, 0.6) is 0 Å². The van der Waals surface area contributed by atoms with Crippen LogP contribution in [0.1, 0.15) is 18.4 Å². The van der Waals surface area contributed by atoms with Crippen LogP contribution in [0.4, 0.5) is 10.2 Å². The van der Waals surface area contributed by atoms with Crippen LogP contribution in [0.2, 0.25) is 10.0 Å².